The zero-order chi connectivity index (χ0) is 9.68. The van der Waals surface area contributed by atoms with Crippen molar-refractivity contribution in [1.29, 1.82) is 0 Å². The molecule has 1 rings (SSSR count). The number of rotatable bonds is 3. The van der Waals surface area contributed by atoms with E-state index in [0.717, 1.165) is 5.56 Å². The van der Waals surface area contributed by atoms with Gasteiger partial charge in [-0.15, -0.1) is 0 Å². The van der Waals surface area contributed by atoms with Crippen molar-refractivity contribution in [3.8, 4) is 0 Å². The van der Waals surface area contributed by atoms with Crippen molar-refractivity contribution in [3.05, 3.63) is 34.9 Å². The topological polar surface area (TPSA) is 21.6 Å². The van der Waals surface area contributed by atoms with E-state index in [1.165, 1.54) is 0 Å². The summed E-state index contributed by atoms with van der Waals surface area (Å²) >= 11 is 5.86. The van der Waals surface area contributed by atoms with Crippen LogP contribution in [0, 0.1) is 0 Å². The minimum Gasteiger partial charge on any atom is -0.393 e. The molecule has 69 valence electrons. The van der Waals surface area contributed by atoms with Crippen molar-refractivity contribution in [3.63, 3.8) is 0 Å². The molecule has 1 aromatic carbocycles. The predicted molar refractivity (Wildman–Crippen MR) is 54.2 cm³/mol. The lowest BCUT2D eigenvalue weighted by molar-refractivity contribution is 0.0874. The van der Waals surface area contributed by atoms with Crippen molar-refractivity contribution < 1.29 is 4.84 Å². The molecule has 2 nitrogen and oxygen atoms in total. The zero-order valence-corrected chi connectivity index (χ0v) is 8.38. The predicted octanol–water partition coefficient (Wildman–Crippen LogP) is 2.98. The fourth-order valence-electron chi connectivity index (χ4n) is 0.733. The molecule has 0 fully saturated rings. The second-order valence-corrected chi connectivity index (χ2v) is 3.24. The Labute approximate surface area is 83.2 Å². The Kier molecular flexibility index (Phi) is 3.77. The highest BCUT2D eigenvalue weighted by Crippen LogP contribution is 2.12. The summed E-state index contributed by atoms with van der Waals surface area (Å²) in [7, 11) is 0. The first-order chi connectivity index (χ1) is 6.20. The lowest BCUT2D eigenvalue weighted by Gasteiger charge is -2.00. The molecular weight excluding hydrogens is 186 g/mol. The number of nitrogens with zero attached hydrogens (tertiary/aromatic N) is 1. The van der Waals surface area contributed by atoms with Crippen LogP contribution in [0.5, 0.6) is 0 Å². The Morgan fingerprint density at radius 2 is 2.08 bits per heavy atom. The van der Waals surface area contributed by atoms with Crippen LogP contribution in [0.1, 0.15) is 19.4 Å². The van der Waals surface area contributed by atoms with Gasteiger partial charge in [-0.3, -0.25) is 0 Å². The molecule has 0 aliphatic heterocycles. The smallest absolute Gasteiger partial charge is 0.141 e. The maximum absolute atomic E-state index is 5.86. The highest BCUT2D eigenvalue weighted by molar-refractivity contribution is 6.33. The minimum absolute atomic E-state index is 0.0648. The number of hydrogen-bond donors (Lipinski definition) is 0. The van der Waals surface area contributed by atoms with Gasteiger partial charge in [0.25, 0.3) is 0 Å². The van der Waals surface area contributed by atoms with Crippen molar-refractivity contribution in [2.24, 2.45) is 5.16 Å². The molecule has 0 unspecified atom stereocenters. The number of hydrogen-bond acceptors (Lipinski definition) is 2. The number of benzene rings is 1. The van der Waals surface area contributed by atoms with Crippen LogP contribution in [0.3, 0.4) is 0 Å². The largest absolute Gasteiger partial charge is 0.393 e. The monoisotopic (exact) mass is 196 g/mol. The molecule has 0 saturated carbocycles. The Bertz CT molecular complexity index is 297. The summed E-state index contributed by atoms with van der Waals surface area (Å²) in [6.45, 7) is 3.80. The fraction of sp³-hybridized carbons (Fsp3) is 0.300. The van der Waals surface area contributed by atoms with Gasteiger partial charge in [-0.2, -0.15) is 0 Å². The Morgan fingerprint density at radius 3 is 2.69 bits per heavy atom. The van der Waals surface area contributed by atoms with E-state index in [9.17, 15) is 0 Å². The fourth-order valence-corrected chi connectivity index (χ4v) is 0.911. The van der Waals surface area contributed by atoms with Gasteiger partial charge in [0.05, 0.1) is 5.02 Å². The molecule has 0 aliphatic rings. The third-order valence-electron chi connectivity index (χ3n) is 1.30. The Hall–Kier alpha value is -1.02. The quantitative estimate of drug-likeness (QED) is 0.538. The maximum atomic E-state index is 5.86. The zero-order valence-electron chi connectivity index (χ0n) is 7.62. The summed E-state index contributed by atoms with van der Waals surface area (Å²) in [5.74, 6) is 0. The summed E-state index contributed by atoms with van der Waals surface area (Å²) in [4.78, 5) is 4.96. The summed E-state index contributed by atoms with van der Waals surface area (Å²) in [6.07, 6.45) is 2.78. The average Bonchev–Trinajstić information content (AvgIpc) is 2.08. The standard InChI is InChI=1S/C10H11ClNO/c1-8(2)13-12-7-9-5-3-4-6-10(9)11/h3-6,8H,1-2H3. The van der Waals surface area contributed by atoms with Gasteiger partial charge in [-0.1, -0.05) is 35.0 Å². The molecule has 1 aromatic rings. The summed E-state index contributed by atoms with van der Waals surface area (Å²) in [6, 6.07) is 7.35. The SMILES string of the molecule is CC(C)O/N=[C]/c1ccccc1Cl. The van der Waals surface area contributed by atoms with E-state index >= 15 is 0 Å². The van der Waals surface area contributed by atoms with E-state index in [1.807, 2.05) is 32.0 Å². The molecule has 3 heteroatoms. The molecular formula is C10H11ClNO. The van der Waals surface area contributed by atoms with Crippen LogP contribution in [0.2, 0.25) is 5.02 Å². The van der Waals surface area contributed by atoms with Gasteiger partial charge < -0.3 is 4.84 Å². The van der Waals surface area contributed by atoms with E-state index in [4.69, 9.17) is 16.4 Å². The first-order valence-corrected chi connectivity index (χ1v) is 4.44. The average molecular weight is 197 g/mol. The first kappa shape index (κ1) is 10.1. The lowest BCUT2D eigenvalue weighted by atomic mass is 10.2. The maximum Gasteiger partial charge on any atom is 0.141 e. The van der Waals surface area contributed by atoms with Crippen LogP contribution >= 0.6 is 11.6 Å². The van der Waals surface area contributed by atoms with Crippen LogP contribution in [-0.2, 0) is 4.84 Å². The van der Waals surface area contributed by atoms with Gasteiger partial charge in [0.1, 0.15) is 12.3 Å². The summed E-state index contributed by atoms with van der Waals surface area (Å²) in [5, 5.41) is 4.29. The van der Waals surface area contributed by atoms with E-state index < -0.39 is 0 Å². The minimum atomic E-state index is 0.0648. The van der Waals surface area contributed by atoms with E-state index in [0.29, 0.717) is 5.02 Å². The molecule has 0 spiro atoms. The van der Waals surface area contributed by atoms with Gasteiger partial charge >= 0.3 is 0 Å². The van der Waals surface area contributed by atoms with Crippen molar-refractivity contribution >= 4 is 17.8 Å². The van der Waals surface area contributed by atoms with Gasteiger partial charge in [0, 0.05) is 5.56 Å². The van der Waals surface area contributed by atoms with Crippen molar-refractivity contribution in [2.45, 2.75) is 20.0 Å². The molecule has 0 saturated heterocycles. The van der Waals surface area contributed by atoms with Gasteiger partial charge in [-0.05, 0) is 19.9 Å². The molecule has 0 aromatic heterocycles. The van der Waals surface area contributed by atoms with Crippen LogP contribution in [0.15, 0.2) is 29.4 Å². The Balaban J connectivity index is 2.63. The van der Waals surface area contributed by atoms with Crippen molar-refractivity contribution in [1.82, 2.24) is 0 Å². The van der Waals surface area contributed by atoms with Crippen molar-refractivity contribution in [2.75, 3.05) is 0 Å². The van der Waals surface area contributed by atoms with Crippen LogP contribution in [0.4, 0.5) is 0 Å². The van der Waals surface area contributed by atoms with Gasteiger partial charge in [-0.25, -0.2) is 0 Å². The third kappa shape index (κ3) is 3.47. The van der Waals surface area contributed by atoms with Crippen LogP contribution in [0.25, 0.3) is 0 Å². The molecule has 0 bridgehead atoms. The second kappa shape index (κ2) is 4.87. The molecule has 0 N–H and O–H groups in total. The molecule has 13 heavy (non-hydrogen) atoms. The highest BCUT2D eigenvalue weighted by Gasteiger charge is 1.95. The molecule has 1 radical (unpaired) electrons. The normalized spacial score (nSPS) is 11.1. The molecule has 0 amide bonds. The summed E-state index contributed by atoms with van der Waals surface area (Å²) < 4.78 is 0. The summed E-state index contributed by atoms with van der Waals surface area (Å²) in [5.41, 5.74) is 0.741. The second-order valence-electron chi connectivity index (χ2n) is 2.84. The van der Waals surface area contributed by atoms with Crippen LogP contribution in [-0.4, -0.2) is 12.3 Å². The van der Waals surface area contributed by atoms with E-state index in [1.54, 1.807) is 6.07 Å². The molecule has 0 atom stereocenters. The third-order valence-corrected chi connectivity index (χ3v) is 1.63. The molecule has 0 heterocycles. The molecule has 0 aliphatic carbocycles. The lowest BCUT2D eigenvalue weighted by Crippen LogP contribution is -1.96. The Morgan fingerprint density at radius 1 is 1.38 bits per heavy atom. The first-order valence-electron chi connectivity index (χ1n) is 4.06. The van der Waals surface area contributed by atoms with Gasteiger partial charge in [0.2, 0.25) is 0 Å². The number of halogens is 1. The highest BCUT2D eigenvalue weighted by atomic mass is 35.5. The van der Waals surface area contributed by atoms with E-state index in [2.05, 4.69) is 11.4 Å². The van der Waals surface area contributed by atoms with Gasteiger partial charge in [0.15, 0.2) is 0 Å². The van der Waals surface area contributed by atoms with Crippen LogP contribution < -0.4 is 0 Å². The van der Waals surface area contributed by atoms with E-state index in [-0.39, 0.29) is 6.10 Å².